The first-order valence-corrected chi connectivity index (χ1v) is 4.32. The average molecular weight is 223 g/mol. The number of hydrogen-bond acceptors (Lipinski definition) is 3. The van der Waals surface area contributed by atoms with Crippen molar-refractivity contribution in [1.29, 1.82) is 0 Å². The first kappa shape index (κ1) is 11.4. The first-order valence-electron chi connectivity index (χ1n) is 3.20. The second-order valence-corrected chi connectivity index (χ2v) is 2.01. The van der Waals surface area contributed by atoms with Gasteiger partial charge in [-0.2, -0.15) is 0 Å². The van der Waals surface area contributed by atoms with Crippen LogP contribution in [0.15, 0.2) is 12.5 Å². The van der Waals surface area contributed by atoms with Gasteiger partial charge in [0.15, 0.2) is 0 Å². The number of nitrogens with one attached hydrogen (secondary N) is 1. The van der Waals surface area contributed by atoms with E-state index >= 15 is 0 Å². The van der Waals surface area contributed by atoms with Gasteiger partial charge >= 0.3 is 22.1 Å². The van der Waals surface area contributed by atoms with Gasteiger partial charge in [-0.15, -0.1) is 0 Å². The number of nitrogens with two attached hydrogens (primary N) is 1. The van der Waals surface area contributed by atoms with Crippen LogP contribution >= 0.6 is 0 Å². The van der Waals surface area contributed by atoms with E-state index < -0.39 is 6.04 Å². The van der Waals surface area contributed by atoms with Crippen molar-refractivity contribution in [3.8, 4) is 0 Å². The first-order chi connectivity index (χ1) is 5.83. The fourth-order valence-electron chi connectivity index (χ4n) is 0.675. The average Bonchev–Trinajstić information content (AvgIpc) is 2.60. The summed E-state index contributed by atoms with van der Waals surface area (Å²) in [7, 11) is 0. The van der Waals surface area contributed by atoms with Gasteiger partial charge in [-0.05, 0) is 6.42 Å². The van der Waals surface area contributed by atoms with Crippen molar-refractivity contribution < 1.29 is 26.9 Å². The molecule has 0 saturated heterocycles. The van der Waals surface area contributed by atoms with Crippen LogP contribution in [-0.2, 0) is 30.0 Å². The van der Waals surface area contributed by atoms with Gasteiger partial charge in [-0.25, -0.2) is 11.3 Å². The van der Waals surface area contributed by atoms with Crippen molar-refractivity contribution >= 4 is 6.29 Å². The van der Waals surface area contributed by atoms with Crippen LogP contribution in [-0.4, -0.2) is 22.3 Å². The Bertz CT molecular complexity index is 205. The Kier molecular flexibility index (Phi) is 6.71. The molecule has 62 valence electrons. The normalized spacial score (nSPS) is 11.3. The standard InChI is InChI=1S/C6H8N3O.FH.Zn/c7-5(3-10)1-6-2-8-4-9-6;;/h2,4-5H,1,7H2,(H,8,9);1H;/q-1;;+2/p-1/t5-;;/m0../s1. The molecule has 0 aromatic carbocycles. The van der Waals surface area contributed by atoms with Gasteiger partial charge in [-0.1, -0.05) is 6.04 Å². The molecule has 1 aromatic rings. The summed E-state index contributed by atoms with van der Waals surface area (Å²) < 4.78 is 9.62. The van der Waals surface area contributed by atoms with E-state index in [9.17, 15) is 8.11 Å². The molecule has 6 heteroatoms. The number of rotatable bonds is 3. The molecule has 0 saturated carbocycles. The molecule has 1 aromatic heterocycles. The molecule has 1 atom stereocenters. The predicted molar refractivity (Wildman–Crippen MR) is 37.1 cm³/mol. The van der Waals surface area contributed by atoms with Gasteiger partial charge < -0.3 is 15.5 Å². The number of aromatic nitrogens is 2. The number of imidazole rings is 1. The molecule has 0 fully saturated rings. The fraction of sp³-hybridized carbons (Fsp3) is 0.333. The van der Waals surface area contributed by atoms with Crippen molar-refractivity contribution in [3.63, 3.8) is 0 Å². The number of hydrogen-bond donors (Lipinski definition) is 2. The SMILES string of the molecule is N[C@H]([C-]=O)Cc1cnc[nH]1.[F][Zn+]. The molecule has 0 aliphatic heterocycles. The summed E-state index contributed by atoms with van der Waals surface area (Å²) in [6.45, 7) is 0. The molecule has 12 heavy (non-hydrogen) atoms. The van der Waals surface area contributed by atoms with Crippen molar-refractivity contribution in [2.24, 2.45) is 5.73 Å². The number of H-pyrrole nitrogens is 1. The summed E-state index contributed by atoms with van der Waals surface area (Å²) in [6, 6.07) is -0.541. The molecule has 0 bridgehead atoms. The summed E-state index contributed by atoms with van der Waals surface area (Å²) in [5, 5.41) is 0. The second-order valence-electron chi connectivity index (χ2n) is 2.01. The summed E-state index contributed by atoms with van der Waals surface area (Å²) in [5.74, 6) is 0. The van der Waals surface area contributed by atoms with Crippen LogP contribution in [0.25, 0.3) is 0 Å². The quantitative estimate of drug-likeness (QED) is 0.550. The molecule has 1 rings (SSSR count). The van der Waals surface area contributed by atoms with Gasteiger partial charge in [0.2, 0.25) is 0 Å². The predicted octanol–water partition coefficient (Wildman–Crippen LogP) is -0.193. The van der Waals surface area contributed by atoms with Gasteiger partial charge in [-0.3, -0.25) is 0 Å². The van der Waals surface area contributed by atoms with Crippen molar-refractivity contribution in [3.05, 3.63) is 18.2 Å². The number of aromatic amines is 1. The Morgan fingerprint density at radius 2 is 2.50 bits per heavy atom. The van der Waals surface area contributed by atoms with E-state index in [-0.39, 0.29) is 18.8 Å². The molecule has 0 radical (unpaired) electrons. The van der Waals surface area contributed by atoms with E-state index in [2.05, 4.69) is 9.97 Å². The zero-order valence-corrected chi connectivity index (χ0v) is 9.42. The molecular formula is C6H8FN3OZn. The molecule has 4 nitrogen and oxygen atoms in total. The number of halogens is 1. The van der Waals surface area contributed by atoms with Gasteiger partial charge in [0.05, 0.1) is 6.33 Å². The van der Waals surface area contributed by atoms with E-state index in [1.165, 1.54) is 0 Å². The van der Waals surface area contributed by atoms with E-state index in [1.807, 2.05) is 0 Å². The van der Waals surface area contributed by atoms with Gasteiger partial charge in [0.1, 0.15) is 0 Å². The van der Waals surface area contributed by atoms with Crippen molar-refractivity contribution in [2.75, 3.05) is 0 Å². The Balaban J connectivity index is 0.000000561. The summed E-state index contributed by atoms with van der Waals surface area (Å²) >= 11 is -0.125. The molecule has 0 amide bonds. The third-order valence-electron chi connectivity index (χ3n) is 1.15. The van der Waals surface area contributed by atoms with E-state index in [1.54, 1.807) is 18.8 Å². The van der Waals surface area contributed by atoms with Crippen LogP contribution in [0.5, 0.6) is 0 Å². The van der Waals surface area contributed by atoms with E-state index in [0.717, 1.165) is 5.69 Å². The molecule has 0 spiro atoms. The number of nitrogens with zero attached hydrogens (tertiary/aromatic N) is 1. The van der Waals surface area contributed by atoms with E-state index in [0.29, 0.717) is 6.42 Å². The van der Waals surface area contributed by atoms with Crippen LogP contribution in [0, 0.1) is 0 Å². The second kappa shape index (κ2) is 7.06. The van der Waals surface area contributed by atoms with E-state index in [4.69, 9.17) is 5.73 Å². The third-order valence-corrected chi connectivity index (χ3v) is 1.15. The molecule has 0 aliphatic carbocycles. The molecule has 1 heterocycles. The van der Waals surface area contributed by atoms with Gasteiger partial charge in [0, 0.05) is 11.9 Å². The topological polar surface area (TPSA) is 71.8 Å². The monoisotopic (exact) mass is 221 g/mol. The molecular weight excluding hydrogens is 214 g/mol. The zero-order chi connectivity index (χ0) is 9.40. The maximum atomic E-state index is 9.95. The van der Waals surface area contributed by atoms with Crippen LogP contribution in [0.2, 0.25) is 0 Å². The minimum absolute atomic E-state index is 0.125. The summed E-state index contributed by atoms with van der Waals surface area (Å²) in [4.78, 5) is 16.5. The summed E-state index contributed by atoms with van der Waals surface area (Å²) in [5.41, 5.74) is 6.15. The summed E-state index contributed by atoms with van der Waals surface area (Å²) in [6.07, 6.45) is 5.34. The van der Waals surface area contributed by atoms with Crippen molar-refractivity contribution in [2.45, 2.75) is 12.5 Å². The molecule has 3 N–H and O–H groups in total. The minimum atomic E-state index is -0.541. The van der Waals surface area contributed by atoms with Crippen LogP contribution < -0.4 is 5.73 Å². The third kappa shape index (κ3) is 4.31. The van der Waals surface area contributed by atoms with Crippen LogP contribution in [0.3, 0.4) is 0 Å². The Hall–Kier alpha value is -0.607. The molecule has 0 aliphatic rings. The Morgan fingerprint density at radius 3 is 2.92 bits per heavy atom. The zero-order valence-electron chi connectivity index (χ0n) is 6.46. The number of carbonyl (C=O) groups excluding carboxylic acids is 1. The Morgan fingerprint density at radius 1 is 1.83 bits per heavy atom. The maximum absolute atomic E-state index is 9.95. The van der Waals surface area contributed by atoms with Crippen LogP contribution in [0.1, 0.15) is 5.69 Å². The van der Waals surface area contributed by atoms with Crippen molar-refractivity contribution in [1.82, 2.24) is 9.97 Å². The van der Waals surface area contributed by atoms with Gasteiger partial charge in [0.25, 0.3) is 0 Å². The van der Waals surface area contributed by atoms with Crippen LogP contribution in [0.4, 0.5) is 3.32 Å². The Labute approximate surface area is 80.0 Å². The molecule has 0 unspecified atom stereocenters. The fourth-order valence-corrected chi connectivity index (χ4v) is 0.675.